The molecule has 4 nitrogen and oxygen atoms in total. The average molecular weight is 297 g/mol. The summed E-state index contributed by atoms with van der Waals surface area (Å²) >= 11 is 0. The van der Waals surface area contributed by atoms with Crippen molar-refractivity contribution in [1.29, 1.82) is 0 Å². The van der Waals surface area contributed by atoms with E-state index in [1.54, 1.807) is 12.4 Å². The minimum Gasteiger partial charge on any atom is -0.354 e. The van der Waals surface area contributed by atoms with Gasteiger partial charge in [0.05, 0.1) is 17.4 Å². The van der Waals surface area contributed by atoms with Gasteiger partial charge in [0, 0.05) is 18.4 Å². The van der Waals surface area contributed by atoms with Crippen LogP contribution in [0.5, 0.6) is 0 Å². The molecule has 22 heavy (non-hydrogen) atoms. The number of hydrogen-bond acceptors (Lipinski definition) is 3. The number of carbonyl (C=O) groups is 1. The van der Waals surface area contributed by atoms with E-state index in [4.69, 9.17) is 0 Å². The van der Waals surface area contributed by atoms with Gasteiger partial charge in [0.15, 0.2) is 0 Å². The Morgan fingerprint density at radius 1 is 1.09 bits per heavy atom. The predicted octanol–water partition coefficient (Wildman–Crippen LogP) is 3.92. The van der Waals surface area contributed by atoms with Crippen LogP contribution in [0, 0.1) is 0 Å². The lowest BCUT2D eigenvalue weighted by molar-refractivity contribution is 0.0953. The molecule has 0 aliphatic rings. The first-order chi connectivity index (χ1) is 10.7. The van der Waals surface area contributed by atoms with Gasteiger partial charge in [0.2, 0.25) is 0 Å². The summed E-state index contributed by atoms with van der Waals surface area (Å²) in [5.74, 6) is -0.0778. The molecule has 0 saturated heterocycles. The van der Waals surface area contributed by atoms with Gasteiger partial charge in [-0.2, -0.15) is 0 Å². The zero-order chi connectivity index (χ0) is 15.8. The molecular formula is C18H23N3O. The monoisotopic (exact) mass is 297 g/mol. The molecule has 1 aromatic heterocycles. The maximum absolute atomic E-state index is 12.0. The molecule has 0 saturated carbocycles. The fourth-order valence-corrected chi connectivity index (χ4v) is 2.10. The summed E-state index contributed by atoms with van der Waals surface area (Å²) in [5, 5.41) is 6.17. The summed E-state index contributed by atoms with van der Waals surface area (Å²) in [6.07, 6.45) is 6.38. The zero-order valence-corrected chi connectivity index (χ0v) is 13.2. The third-order valence-corrected chi connectivity index (χ3v) is 3.47. The molecule has 1 heterocycles. The quantitative estimate of drug-likeness (QED) is 0.762. The van der Waals surface area contributed by atoms with Crippen LogP contribution in [-0.4, -0.2) is 17.4 Å². The molecule has 0 aliphatic carbocycles. The number of nitrogens with zero attached hydrogens (tertiary/aromatic N) is 1. The summed E-state index contributed by atoms with van der Waals surface area (Å²) in [4.78, 5) is 16.2. The van der Waals surface area contributed by atoms with Crippen LogP contribution in [0.25, 0.3) is 0 Å². The van der Waals surface area contributed by atoms with Crippen molar-refractivity contribution >= 4 is 17.3 Å². The van der Waals surface area contributed by atoms with Crippen LogP contribution in [0.2, 0.25) is 0 Å². The lowest BCUT2D eigenvalue weighted by Crippen LogP contribution is -2.24. The van der Waals surface area contributed by atoms with Crippen LogP contribution >= 0.6 is 0 Å². The fraction of sp³-hybridized carbons (Fsp3) is 0.333. The highest BCUT2D eigenvalue weighted by Gasteiger charge is 2.06. The van der Waals surface area contributed by atoms with E-state index in [9.17, 15) is 4.79 Å². The third-order valence-electron chi connectivity index (χ3n) is 3.47. The van der Waals surface area contributed by atoms with Crippen LogP contribution in [0.15, 0.2) is 42.7 Å². The van der Waals surface area contributed by atoms with E-state index >= 15 is 0 Å². The topological polar surface area (TPSA) is 54.0 Å². The number of benzene rings is 1. The lowest BCUT2D eigenvalue weighted by atomic mass is 10.1. The van der Waals surface area contributed by atoms with E-state index in [0.29, 0.717) is 12.1 Å². The van der Waals surface area contributed by atoms with Crippen LogP contribution < -0.4 is 10.6 Å². The molecule has 0 unspecified atom stereocenters. The van der Waals surface area contributed by atoms with Crippen LogP contribution in [0.4, 0.5) is 11.4 Å². The standard InChI is InChI=1S/C18H23N3O/c1-3-5-10-20-18(22)15-11-17(13-19-12-15)21-16-8-6-14(4-2)7-9-16/h6-9,11-13,21H,3-5,10H2,1-2H3,(H,20,22). The molecule has 0 aliphatic heterocycles. The van der Waals surface area contributed by atoms with Gasteiger partial charge in [-0.25, -0.2) is 0 Å². The van der Waals surface area contributed by atoms with Gasteiger partial charge in [0.25, 0.3) is 5.91 Å². The third kappa shape index (κ3) is 4.58. The molecule has 2 N–H and O–H groups in total. The van der Waals surface area contributed by atoms with Gasteiger partial charge < -0.3 is 10.6 Å². The first kappa shape index (κ1) is 16.0. The number of hydrogen-bond donors (Lipinski definition) is 2. The van der Waals surface area contributed by atoms with Gasteiger partial charge in [-0.15, -0.1) is 0 Å². The molecule has 116 valence electrons. The first-order valence-corrected chi connectivity index (χ1v) is 7.82. The number of nitrogens with one attached hydrogen (secondary N) is 2. The smallest absolute Gasteiger partial charge is 0.252 e. The second kappa shape index (κ2) is 8.17. The van der Waals surface area contributed by atoms with E-state index in [1.165, 1.54) is 5.56 Å². The van der Waals surface area contributed by atoms with Crippen LogP contribution in [-0.2, 0) is 6.42 Å². The highest BCUT2D eigenvalue weighted by Crippen LogP contribution is 2.17. The number of unbranched alkanes of at least 4 members (excludes halogenated alkanes) is 1. The molecule has 1 aromatic carbocycles. The van der Waals surface area contributed by atoms with Gasteiger partial charge in [-0.3, -0.25) is 9.78 Å². The molecule has 0 atom stereocenters. The summed E-state index contributed by atoms with van der Waals surface area (Å²) in [6.45, 7) is 4.93. The normalized spacial score (nSPS) is 10.3. The fourth-order valence-electron chi connectivity index (χ4n) is 2.10. The number of rotatable bonds is 7. The van der Waals surface area contributed by atoms with Crippen molar-refractivity contribution in [1.82, 2.24) is 10.3 Å². The number of pyridine rings is 1. The molecular weight excluding hydrogens is 274 g/mol. The van der Waals surface area contributed by atoms with Gasteiger partial charge in [-0.1, -0.05) is 32.4 Å². The number of carbonyl (C=O) groups excluding carboxylic acids is 1. The molecule has 2 rings (SSSR count). The highest BCUT2D eigenvalue weighted by atomic mass is 16.1. The Labute approximate surface area is 132 Å². The highest BCUT2D eigenvalue weighted by molar-refractivity contribution is 5.94. The van der Waals surface area contributed by atoms with Gasteiger partial charge in [-0.05, 0) is 36.6 Å². The first-order valence-electron chi connectivity index (χ1n) is 7.82. The molecule has 0 bridgehead atoms. The SMILES string of the molecule is CCCCNC(=O)c1cncc(Nc2ccc(CC)cc2)c1. The van der Waals surface area contributed by atoms with E-state index < -0.39 is 0 Å². The maximum Gasteiger partial charge on any atom is 0.252 e. The average Bonchev–Trinajstić information content (AvgIpc) is 2.56. The zero-order valence-electron chi connectivity index (χ0n) is 13.2. The molecule has 4 heteroatoms. The Bertz CT molecular complexity index is 608. The summed E-state index contributed by atoms with van der Waals surface area (Å²) < 4.78 is 0. The molecule has 2 aromatic rings. The Morgan fingerprint density at radius 3 is 2.55 bits per heavy atom. The lowest BCUT2D eigenvalue weighted by Gasteiger charge is -2.09. The number of amides is 1. The Hall–Kier alpha value is -2.36. The molecule has 0 spiro atoms. The second-order valence-corrected chi connectivity index (χ2v) is 5.25. The summed E-state index contributed by atoms with van der Waals surface area (Å²) in [6, 6.07) is 10.1. The van der Waals surface area contributed by atoms with Crippen molar-refractivity contribution in [3.63, 3.8) is 0 Å². The molecule has 1 amide bonds. The van der Waals surface area contributed by atoms with Crippen LogP contribution in [0.1, 0.15) is 42.6 Å². The number of anilines is 2. The maximum atomic E-state index is 12.0. The molecule has 0 radical (unpaired) electrons. The number of aromatic nitrogens is 1. The number of aryl methyl sites for hydroxylation is 1. The van der Waals surface area contributed by atoms with E-state index in [2.05, 4.69) is 41.6 Å². The van der Waals surface area contributed by atoms with E-state index in [1.807, 2.05) is 18.2 Å². The van der Waals surface area contributed by atoms with Crippen molar-refractivity contribution in [2.75, 3.05) is 11.9 Å². The van der Waals surface area contributed by atoms with Crippen LogP contribution in [0.3, 0.4) is 0 Å². The minimum absolute atomic E-state index is 0.0778. The summed E-state index contributed by atoms with van der Waals surface area (Å²) in [7, 11) is 0. The van der Waals surface area contributed by atoms with Crippen molar-refractivity contribution in [2.24, 2.45) is 0 Å². The van der Waals surface area contributed by atoms with Crippen molar-refractivity contribution < 1.29 is 4.79 Å². The second-order valence-electron chi connectivity index (χ2n) is 5.25. The predicted molar refractivity (Wildman–Crippen MR) is 90.6 cm³/mol. The van der Waals surface area contributed by atoms with Crippen molar-refractivity contribution in [3.05, 3.63) is 53.9 Å². The van der Waals surface area contributed by atoms with Crippen molar-refractivity contribution in [3.8, 4) is 0 Å². The Morgan fingerprint density at radius 2 is 1.86 bits per heavy atom. The largest absolute Gasteiger partial charge is 0.354 e. The summed E-state index contributed by atoms with van der Waals surface area (Å²) in [5.41, 5.74) is 3.67. The Kier molecular flexibility index (Phi) is 5.95. The van der Waals surface area contributed by atoms with Crippen molar-refractivity contribution in [2.45, 2.75) is 33.1 Å². The van der Waals surface area contributed by atoms with E-state index in [-0.39, 0.29) is 5.91 Å². The molecule has 0 fully saturated rings. The van der Waals surface area contributed by atoms with E-state index in [0.717, 1.165) is 30.6 Å². The Balaban J connectivity index is 2.02. The van der Waals surface area contributed by atoms with Gasteiger partial charge >= 0.3 is 0 Å². The van der Waals surface area contributed by atoms with Gasteiger partial charge in [0.1, 0.15) is 0 Å². The minimum atomic E-state index is -0.0778.